The Morgan fingerprint density at radius 1 is 1.46 bits per heavy atom. The molecule has 1 amide bonds. The molecule has 0 spiro atoms. The van der Waals surface area contributed by atoms with Gasteiger partial charge in [0.25, 0.3) is 0 Å². The van der Waals surface area contributed by atoms with Crippen LogP contribution in [0.15, 0.2) is 12.3 Å². The third kappa shape index (κ3) is 6.02. The van der Waals surface area contributed by atoms with Crippen LogP contribution >= 0.6 is 37.2 Å². The largest absolute Gasteiger partial charge is 0.449 e. The standard InChI is InChI=1S/C7H11NO2.3ClH/c1-2-10-7(9)8-5-3-4-6-8;;;/h3,5H,2,4,6H2,1H3;3*1H. The molecule has 0 saturated heterocycles. The lowest BCUT2D eigenvalue weighted by Gasteiger charge is -2.11. The summed E-state index contributed by atoms with van der Waals surface area (Å²) in [7, 11) is 0. The van der Waals surface area contributed by atoms with Gasteiger partial charge in [-0.1, -0.05) is 6.08 Å². The van der Waals surface area contributed by atoms with E-state index < -0.39 is 0 Å². The number of carbonyl (C=O) groups is 1. The molecule has 3 nitrogen and oxygen atoms in total. The molecule has 0 N–H and O–H groups in total. The van der Waals surface area contributed by atoms with Gasteiger partial charge in [0.15, 0.2) is 0 Å². The second kappa shape index (κ2) is 9.96. The van der Waals surface area contributed by atoms with E-state index in [4.69, 9.17) is 4.74 Å². The van der Waals surface area contributed by atoms with Gasteiger partial charge in [0, 0.05) is 12.7 Å². The molecule has 1 rings (SSSR count). The fourth-order valence-corrected chi connectivity index (χ4v) is 0.848. The van der Waals surface area contributed by atoms with Gasteiger partial charge in [-0.05, 0) is 13.3 Å². The van der Waals surface area contributed by atoms with E-state index in [0.717, 1.165) is 13.0 Å². The molecule has 80 valence electrons. The van der Waals surface area contributed by atoms with Gasteiger partial charge in [-0.15, -0.1) is 37.2 Å². The van der Waals surface area contributed by atoms with Crippen molar-refractivity contribution in [2.24, 2.45) is 0 Å². The van der Waals surface area contributed by atoms with Gasteiger partial charge in [-0.3, -0.25) is 4.90 Å². The van der Waals surface area contributed by atoms with Crippen molar-refractivity contribution in [3.8, 4) is 0 Å². The van der Waals surface area contributed by atoms with Crippen molar-refractivity contribution in [3.05, 3.63) is 12.3 Å². The SMILES string of the molecule is CCOC(=O)N1C=CCC1.Cl.Cl.Cl. The average Bonchev–Trinajstić information content (AvgIpc) is 2.38. The minimum Gasteiger partial charge on any atom is -0.449 e. The van der Waals surface area contributed by atoms with Gasteiger partial charge < -0.3 is 4.74 Å². The first kappa shape index (κ1) is 18.6. The lowest BCUT2D eigenvalue weighted by molar-refractivity contribution is 0.125. The average molecular weight is 251 g/mol. The lowest BCUT2D eigenvalue weighted by atomic mass is 10.5. The number of carbonyl (C=O) groups excluding carboxylic acids is 1. The van der Waals surface area contributed by atoms with E-state index in [2.05, 4.69) is 0 Å². The smallest absolute Gasteiger partial charge is 0.413 e. The minimum absolute atomic E-state index is 0. The normalized spacial score (nSPS) is 12.2. The predicted octanol–water partition coefficient (Wildman–Crippen LogP) is 2.63. The van der Waals surface area contributed by atoms with E-state index in [9.17, 15) is 4.79 Å². The van der Waals surface area contributed by atoms with Crippen LogP contribution in [0.4, 0.5) is 4.79 Å². The molecule has 1 heterocycles. The molecule has 0 saturated carbocycles. The van der Waals surface area contributed by atoms with Gasteiger partial charge >= 0.3 is 6.09 Å². The van der Waals surface area contributed by atoms with Gasteiger partial charge in [0.2, 0.25) is 0 Å². The highest BCUT2D eigenvalue weighted by atomic mass is 35.5. The Morgan fingerprint density at radius 3 is 2.46 bits per heavy atom. The fraction of sp³-hybridized carbons (Fsp3) is 0.571. The Bertz CT molecular complexity index is 164. The molecule has 0 atom stereocenters. The summed E-state index contributed by atoms with van der Waals surface area (Å²) in [5, 5.41) is 0. The molecule has 1 aliphatic heterocycles. The molecule has 0 aliphatic carbocycles. The van der Waals surface area contributed by atoms with E-state index in [-0.39, 0.29) is 43.3 Å². The van der Waals surface area contributed by atoms with Gasteiger partial charge in [-0.25, -0.2) is 4.79 Å². The summed E-state index contributed by atoms with van der Waals surface area (Å²) in [5.41, 5.74) is 0. The summed E-state index contributed by atoms with van der Waals surface area (Å²) in [6, 6.07) is 0. The third-order valence-corrected chi connectivity index (χ3v) is 1.32. The molecule has 0 unspecified atom stereocenters. The first-order valence-corrected chi connectivity index (χ1v) is 3.44. The number of amides is 1. The second-order valence-electron chi connectivity index (χ2n) is 2.07. The molecule has 0 fully saturated rings. The van der Waals surface area contributed by atoms with Gasteiger partial charge in [-0.2, -0.15) is 0 Å². The molecule has 13 heavy (non-hydrogen) atoms. The van der Waals surface area contributed by atoms with Crippen LogP contribution < -0.4 is 0 Å². The Hall–Kier alpha value is -0.120. The summed E-state index contributed by atoms with van der Waals surface area (Å²) in [6.07, 6.45) is 4.42. The predicted molar refractivity (Wildman–Crippen MR) is 59.2 cm³/mol. The fourth-order valence-electron chi connectivity index (χ4n) is 0.848. The minimum atomic E-state index is -0.240. The van der Waals surface area contributed by atoms with E-state index >= 15 is 0 Å². The number of ether oxygens (including phenoxy) is 1. The van der Waals surface area contributed by atoms with Gasteiger partial charge in [0.05, 0.1) is 6.61 Å². The van der Waals surface area contributed by atoms with Crippen molar-refractivity contribution in [1.29, 1.82) is 0 Å². The quantitative estimate of drug-likeness (QED) is 0.716. The zero-order chi connectivity index (χ0) is 7.40. The Balaban J connectivity index is -0.000000333. The van der Waals surface area contributed by atoms with Gasteiger partial charge in [0.1, 0.15) is 0 Å². The first-order valence-electron chi connectivity index (χ1n) is 3.44. The van der Waals surface area contributed by atoms with Crippen molar-refractivity contribution in [3.63, 3.8) is 0 Å². The van der Waals surface area contributed by atoms with E-state index in [1.807, 2.05) is 6.08 Å². The summed E-state index contributed by atoms with van der Waals surface area (Å²) in [4.78, 5) is 12.5. The Morgan fingerprint density at radius 2 is 2.08 bits per heavy atom. The molecule has 0 aromatic carbocycles. The Labute approximate surface area is 96.7 Å². The summed E-state index contributed by atoms with van der Waals surface area (Å²) >= 11 is 0. The molecule has 0 radical (unpaired) electrons. The Kier molecular flexibility index (Phi) is 14.3. The highest BCUT2D eigenvalue weighted by Crippen LogP contribution is 2.05. The molecular formula is C7H14Cl3NO2. The highest BCUT2D eigenvalue weighted by molar-refractivity contribution is 5.86. The van der Waals surface area contributed by atoms with Crippen molar-refractivity contribution >= 4 is 43.3 Å². The van der Waals surface area contributed by atoms with Crippen molar-refractivity contribution < 1.29 is 9.53 Å². The summed E-state index contributed by atoms with van der Waals surface area (Å²) in [6.45, 7) is 3.01. The van der Waals surface area contributed by atoms with Crippen LogP contribution in [-0.2, 0) is 4.74 Å². The summed E-state index contributed by atoms with van der Waals surface area (Å²) < 4.78 is 4.76. The first-order chi connectivity index (χ1) is 4.84. The van der Waals surface area contributed by atoms with Crippen LogP contribution in [0.5, 0.6) is 0 Å². The molecule has 1 aliphatic rings. The van der Waals surface area contributed by atoms with E-state index in [1.165, 1.54) is 0 Å². The van der Waals surface area contributed by atoms with Crippen molar-refractivity contribution in [2.75, 3.05) is 13.2 Å². The number of hydrogen-bond donors (Lipinski definition) is 0. The topological polar surface area (TPSA) is 29.5 Å². The number of halogens is 3. The van der Waals surface area contributed by atoms with Crippen LogP contribution in [-0.4, -0.2) is 24.1 Å². The molecule has 0 bridgehead atoms. The van der Waals surface area contributed by atoms with Crippen LogP contribution in [0.25, 0.3) is 0 Å². The van der Waals surface area contributed by atoms with Crippen molar-refractivity contribution in [1.82, 2.24) is 4.90 Å². The maximum absolute atomic E-state index is 10.9. The zero-order valence-electron chi connectivity index (χ0n) is 7.26. The number of hydrogen-bond acceptors (Lipinski definition) is 2. The molecular weight excluding hydrogens is 236 g/mol. The maximum atomic E-state index is 10.9. The maximum Gasteiger partial charge on any atom is 0.413 e. The molecule has 0 aromatic rings. The van der Waals surface area contributed by atoms with Crippen LogP contribution in [0, 0.1) is 0 Å². The number of nitrogens with zero attached hydrogens (tertiary/aromatic N) is 1. The molecule has 6 heteroatoms. The summed E-state index contributed by atoms with van der Waals surface area (Å²) in [5.74, 6) is 0. The highest BCUT2D eigenvalue weighted by Gasteiger charge is 2.13. The molecule has 0 aromatic heterocycles. The third-order valence-electron chi connectivity index (χ3n) is 1.32. The second-order valence-corrected chi connectivity index (χ2v) is 2.07. The van der Waals surface area contributed by atoms with E-state index in [0.29, 0.717) is 6.61 Å². The lowest BCUT2D eigenvalue weighted by Crippen LogP contribution is -2.24. The van der Waals surface area contributed by atoms with Crippen LogP contribution in [0.3, 0.4) is 0 Å². The number of rotatable bonds is 1. The van der Waals surface area contributed by atoms with E-state index in [1.54, 1.807) is 18.0 Å². The van der Waals surface area contributed by atoms with Crippen molar-refractivity contribution in [2.45, 2.75) is 13.3 Å². The zero-order valence-corrected chi connectivity index (χ0v) is 9.71. The monoisotopic (exact) mass is 249 g/mol. The van der Waals surface area contributed by atoms with Crippen LogP contribution in [0.1, 0.15) is 13.3 Å². The van der Waals surface area contributed by atoms with Crippen LogP contribution in [0.2, 0.25) is 0 Å².